The number of carbonyl (C=O) groups is 2. The van der Waals surface area contributed by atoms with E-state index < -0.39 is 0 Å². The lowest BCUT2D eigenvalue weighted by Crippen LogP contribution is -2.36. The molecule has 0 aromatic heterocycles. The third-order valence-electron chi connectivity index (χ3n) is 5.20. The summed E-state index contributed by atoms with van der Waals surface area (Å²) in [6.45, 7) is 12.4. The van der Waals surface area contributed by atoms with Gasteiger partial charge in [0.05, 0.1) is 5.92 Å². The first kappa shape index (κ1) is 20.5. The molecule has 0 unspecified atom stereocenters. The van der Waals surface area contributed by atoms with Crippen molar-refractivity contribution in [1.29, 1.82) is 0 Å². The van der Waals surface area contributed by atoms with Crippen LogP contribution >= 0.6 is 0 Å². The molecule has 1 aromatic carbocycles. The summed E-state index contributed by atoms with van der Waals surface area (Å²) in [7, 11) is 0. The summed E-state index contributed by atoms with van der Waals surface area (Å²) in [6.07, 6.45) is 1.52. The highest BCUT2D eigenvalue weighted by molar-refractivity contribution is 5.83. The molecule has 4 heteroatoms. The summed E-state index contributed by atoms with van der Waals surface area (Å²) in [6, 6.07) is 8.23. The van der Waals surface area contributed by atoms with Gasteiger partial charge in [-0.3, -0.25) is 9.59 Å². The van der Waals surface area contributed by atoms with E-state index in [-0.39, 0.29) is 23.7 Å². The summed E-state index contributed by atoms with van der Waals surface area (Å²) in [4.78, 5) is 27.3. The molecule has 0 bridgehead atoms. The Bertz CT molecular complexity index is 624. The van der Waals surface area contributed by atoms with Crippen LogP contribution in [-0.2, 0) is 9.59 Å². The smallest absolute Gasteiger partial charge is 0.225 e. The van der Waals surface area contributed by atoms with Crippen molar-refractivity contribution < 1.29 is 9.59 Å². The van der Waals surface area contributed by atoms with Crippen molar-refractivity contribution in [1.82, 2.24) is 10.2 Å². The second kappa shape index (κ2) is 9.20. The second-order valence-corrected chi connectivity index (χ2v) is 8.44. The largest absolute Gasteiger partial charge is 0.356 e. The molecule has 1 aliphatic heterocycles. The molecule has 0 spiro atoms. The van der Waals surface area contributed by atoms with Gasteiger partial charge < -0.3 is 10.2 Å². The SMILES string of the molecule is Cc1ccccc1[C@@H]1CN(C(=O)CC(C)C)C[C@H]1C(=O)NCCC(C)C. The molecule has 144 valence electrons. The van der Waals surface area contributed by atoms with Crippen LogP contribution in [0.25, 0.3) is 0 Å². The molecule has 1 heterocycles. The van der Waals surface area contributed by atoms with Crippen LogP contribution in [0.1, 0.15) is 57.6 Å². The van der Waals surface area contributed by atoms with Crippen LogP contribution in [0.15, 0.2) is 24.3 Å². The highest BCUT2D eigenvalue weighted by Gasteiger charge is 2.40. The number of rotatable bonds is 7. The first-order valence-electron chi connectivity index (χ1n) is 9.90. The minimum absolute atomic E-state index is 0.0753. The fourth-order valence-corrected chi connectivity index (χ4v) is 3.68. The van der Waals surface area contributed by atoms with Crippen molar-refractivity contribution in [2.75, 3.05) is 19.6 Å². The van der Waals surface area contributed by atoms with Gasteiger partial charge in [-0.25, -0.2) is 0 Å². The highest BCUT2D eigenvalue weighted by Crippen LogP contribution is 2.35. The molecule has 0 saturated carbocycles. The van der Waals surface area contributed by atoms with Gasteiger partial charge in [0.25, 0.3) is 0 Å². The van der Waals surface area contributed by atoms with E-state index in [1.54, 1.807) is 0 Å². The number of amides is 2. The molecule has 1 N–H and O–H groups in total. The van der Waals surface area contributed by atoms with Crippen molar-refractivity contribution in [3.8, 4) is 0 Å². The molecule has 0 aliphatic carbocycles. The summed E-state index contributed by atoms with van der Waals surface area (Å²) in [5.74, 6) is 1.05. The van der Waals surface area contributed by atoms with E-state index >= 15 is 0 Å². The van der Waals surface area contributed by atoms with Gasteiger partial charge in [-0.15, -0.1) is 0 Å². The van der Waals surface area contributed by atoms with E-state index in [9.17, 15) is 9.59 Å². The topological polar surface area (TPSA) is 49.4 Å². The van der Waals surface area contributed by atoms with Crippen molar-refractivity contribution in [3.63, 3.8) is 0 Å². The van der Waals surface area contributed by atoms with Crippen molar-refractivity contribution in [3.05, 3.63) is 35.4 Å². The lowest BCUT2D eigenvalue weighted by Gasteiger charge is -2.20. The summed E-state index contributed by atoms with van der Waals surface area (Å²) >= 11 is 0. The van der Waals surface area contributed by atoms with Crippen LogP contribution in [0.4, 0.5) is 0 Å². The van der Waals surface area contributed by atoms with E-state index in [1.807, 2.05) is 17.0 Å². The zero-order valence-corrected chi connectivity index (χ0v) is 16.9. The minimum Gasteiger partial charge on any atom is -0.356 e. The number of nitrogens with one attached hydrogen (secondary N) is 1. The van der Waals surface area contributed by atoms with Crippen LogP contribution in [0, 0.1) is 24.7 Å². The Labute approximate surface area is 158 Å². The molecular weight excluding hydrogens is 324 g/mol. The first-order chi connectivity index (χ1) is 12.3. The molecule has 1 aromatic rings. The maximum atomic E-state index is 12.9. The lowest BCUT2D eigenvalue weighted by atomic mass is 9.86. The van der Waals surface area contributed by atoms with Crippen LogP contribution in [0.3, 0.4) is 0 Å². The van der Waals surface area contributed by atoms with E-state index in [4.69, 9.17) is 0 Å². The fraction of sp³-hybridized carbons (Fsp3) is 0.636. The Kier molecular flexibility index (Phi) is 7.24. The molecule has 2 amide bonds. The molecule has 2 rings (SSSR count). The van der Waals surface area contributed by atoms with Gasteiger partial charge >= 0.3 is 0 Å². The molecule has 1 aliphatic rings. The lowest BCUT2D eigenvalue weighted by molar-refractivity contribution is -0.131. The van der Waals surface area contributed by atoms with E-state index in [0.29, 0.717) is 37.9 Å². The zero-order valence-electron chi connectivity index (χ0n) is 16.9. The van der Waals surface area contributed by atoms with Crippen LogP contribution in [-0.4, -0.2) is 36.3 Å². The maximum Gasteiger partial charge on any atom is 0.225 e. The Morgan fingerprint density at radius 2 is 1.81 bits per heavy atom. The number of hydrogen-bond donors (Lipinski definition) is 1. The van der Waals surface area contributed by atoms with Gasteiger partial charge in [0.1, 0.15) is 0 Å². The van der Waals surface area contributed by atoms with Crippen molar-refractivity contribution >= 4 is 11.8 Å². The fourth-order valence-electron chi connectivity index (χ4n) is 3.68. The molecule has 1 fully saturated rings. The number of hydrogen-bond acceptors (Lipinski definition) is 2. The number of aryl methyl sites for hydroxylation is 1. The van der Waals surface area contributed by atoms with Gasteiger partial charge in [0.15, 0.2) is 0 Å². The number of nitrogens with zero attached hydrogens (tertiary/aromatic N) is 1. The number of benzene rings is 1. The summed E-state index contributed by atoms with van der Waals surface area (Å²) in [5.41, 5.74) is 2.38. The third kappa shape index (κ3) is 5.33. The van der Waals surface area contributed by atoms with Crippen molar-refractivity contribution in [2.24, 2.45) is 17.8 Å². The van der Waals surface area contributed by atoms with Crippen LogP contribution in [0.2, 0.25) is 0 Å². The molecule has 4 nitrogen and oxygen atoms in total. The normalized spacial score (nSPS) is 20.0. The van der Waals surface area contributed by atoms with Crippen LogP contribution < -0.4 is 5.32 Å². The van der Waals surface area contributed by atoms with Gasteiger partial charge in [0.2, 0.25) is 11.8 Å². The maximum absolute atomic E-state index is 12.9. The number of likely N-dealkylation sites (tertiary alicyclic amines) is 1. The Morgan fingerprint density at radius 3 is 2.42 bits per heavy atom. The second-order valence-electron chi connectivity index (χ2n) is 8.44. The third-order valence-corrected chi connectivity index (χ3v) is 5.20. The Balaban J connectivity index is 2.16. The Morgan fingerprint density at radius 1 is 1.12 bits per heavy atom. The summed E-state index contributed by atoms with van der Waals surface area (Å²) < 4.78 is 0. The quantitative estimate of drug-likeness (QED) is 0.807. The average molecular weight is 359 g/mol. The summed E-state index contributed by atoms with van der Waals surface area (Å²) in [5, 5.41) is 3.10. The monoisotopic (exact) mass is 358 g/mol. The van der Waals surface area contributed by atoms with E-state index in [1.165, 1.54) is 11.1 Å². The minimum atomic E-state index is -0.167. The van der Waals surface area contributed by atoms with E-state index in [2.05, 4.69) is 52.1 Å². The predicted octanol–water partition coefficient (Wildman–Crippen LogP) is 3.75. The average Bonchev–Trinajstić information content (AvgIpc) is 2.99. The van der Waals surface area contributed by atoms with Gasteiger partial charge in [-0.05, 0) is 36.3 Å². The van der Waals surface area contributed by atoms with Gasteiger partial charge in [-0.2, -0.15) is 0 Å². The zero-order chi connectivity index (χ0) is 19.3. The highest BCUT2D eigenvalue weighted by atomic mass is 16.2. The molecule has 1 saturated heterocycles. The predicted molar refractivity (Wildman–Crippen MR) is 106 cm³/mol. The Hall–Kier alpha value is -1.84. The standard InChI is InChI=1S/C22H34N2O2/c1-15(2)10-11-23-22(26)20-14-24(21(25)12-16(3)4)13-19(20)18-9-7-6-8-17(18)5/h6-9,15-16,19-20H,10-14H2,1-5H3,(H,23,26)/t19-,20+/m0/s1. The van der Waals surface area contributed by atoms with Crippen molar-refractivity contribution in [2.45, 2.75) is 53.4 Å². The number of carbonyl (C=O) groups excluding carboxylic acids is 2. The first-order valence-corrected chi connectivity index (χ1v) is 9.90. The molecule has 0 radical (unpaired) electrons. The van der Waals surface area contributed by atoms with E-state index in [0.717, 1.165) is 6.42 Å². The van der Waals surface area contributed by atoms with Crippen LogP contribution in [0.5, 0.6) is 0 Å². The molecule has 26 heavy (non-hydrogen) atoms. The van der Waals surface area contributed by atoms with Gasteiger partial charge in [0, 0.05) is 32.0 Å². The molecule has 2 atom stereocenters. The molecular formula is C22H34N2O2. The van der Waals surface area contributed by atoms with Gasteiger partial charge in [-0.1, -0.05) is 52.0 Å².